The summed E-state index contributed by atoms with van der Waals surface area (Å²) in [5, 5.41) is 6.22. The summed E-state index contributed by atoms with van der Waals surface area (Å²) in [4.78, 5) is 31.4. The Morgan fingerprint density at radius 1 is 1.09 bits per heavy atom. The molecule has 7 nitrogen and oxygen atoms in total. The normalized spacial score (nSPS) is 17.8. The number of para-hydroxylation sites is 1. The lowest BCUT2D eigenvalue weighted by Crippen LogP contribution is -2.47. The van der Waals surface area contributed by atoms with Gasteiger partial charge in [0, 0.05) is 37.5 Å². The fourth-order valence-corrected chi connectivity index (χ4v) is 5.83. The van der Waals surface area contributed by atoms with Crippen molar-refractivity contribution in [3.8, 4) is 5.69 Å². The molecule has 2 aromatic heterocycles. The van der Waals surface area contributed by atoms with Crippen LogP contribution in [0.1, 0.15) is 28.2 Å². The molecule has 0 spiro atoms. The number of thiophene rings is 1. The highest BCUT2D eigenvalue weighted by molar-refractivity contribution is 7.20. The van der Waals surface area contributed by atoms with Gasteiger partial charge >= 0.3 is 0 Å². The van der Waals surface area contributed by atoms with Crippen LogP contribution in [-0.4, -0.2) is 70.8 Å². The lowest BCUT2D eigenvalue weighted by molar-refractivity contribution is -0.141. The van der Waals surface area contributed by atoms with Crippen LogP contribution in [0, 0.1) is 12.8 Å². The Bertz CT molecular complexity index is 1160. The number of morpholine rings is 1. The smallest absolute Gasteiger partial charge is 0.264 e. The molecule has 3 aromatic rings. The number of carbonyl (C=O) groups is 2. The topological polar surface area (TPSA) is 67.7 Å². The molecule has 5 rings (SSSR count). The van der Waals surface area contributed by atoms with Crippen molar-refractivity contribution in [1.82, 2.24) is 19.6 Å². The van der Waals surface area contributed by atoms with Crippen molar-refractivity contribution in [2.45, 2.75) is 19.8 Å². The fourth-order valence-electron chi connectivity index (χ4n) is 4.47. The van der Waals surface area contributed by atoms with Crippen molar-refractivity contribution in [2.24, 2.45) is 5.92 Å². The first-order chi connectivity index (χ1) is 15.5. The largest absolute Gasteiger partial charge is 0.378 e. The number of rotatable bonds is 3. The first kappa shape index (κ1) is 21.4. The standard InChI is InChI=1S/C23H25ClN4O3S/c1-15-17-14-20(32-23(17)28(25-15)19-5-3-2-4-18(19)24)22(30)26-8-6-16(7-9-26)21(29)27-10-12-31-13-11-27/h2-5,14,16H,6-13H2,1H3. The Morgan fingerprint density at radius 2 is 1.81 bits per heavy atom. The fraction of sp³-hybridized carbons (Fsp3) is 0.435. The number of amides is 2. The molecule has 4 heterocycles. The van der Waals surface area contributed by atoms with E-state index in [0.29, 0.717) is 62.1 Å². The number of fused-ring (bicyclic) bond motifs is 1. The highest BCUT2D eigenvalue weighted by Gasteiger charge is 2.32. The zero-order valence-electron chi connectivity index (χ0n) is 17.9. The van der Waals surface area contributed by atoms with Crippen LogP contribution in [-0.2, 0) is 9.53 Å². The van der Waals surface area contributed by atoms with Crippen LogP contribution in [0.3, 0.4) is 0 Å². The van der Waals surface area contributed by atoms with Crippen LogP contribution in [0.2, 0.25) is 5.02 Å². The molecule has 0 bridgehead atoms. The van der Waals surface area contributed by atoms with E-state index in [9.17, 15) is 9.59 Å². The predicted molar refractivity (Wildman–Crippen MR) is 125 cm³/mol. The number of piperidine rings is 1. The van der Waals surface area contributed by atoms with Gasteiger partial charge in [-0.2, -0.15) is 5.10 Å². The van der Waals surface area contributed by atoms with E-state index < -0.39 is 0 Å². The third-order valence-corrected chi connectivity index (χ3v) is 7.71. The number of likely N-dealkylation sites (tertiary alicyclic amines) is 1. The van der Waals surface area contributed by atoms with Crippen LogP contribution < -0.4 is 0 Å². The van der Waals surface area contributed by atoms with E-state index in [-0.39, 0.29) is 17.7 Å². The molecule has 0 radical (unpaired) electrons. The van der Waals surface area contributed by atoms with Gasteiger partial charge in [-0.05, 0) is 38.0 Å². The second kappa shape index (κ2) is 8.84. The van der Waals surface area contributed by atoms with Gasteiger partial charge < -0.3 is 14.5 Å². The van der Waals surface area contributed by atoms with Gasteiger partial charge in [-0.1, -0.05) is 23.7 Å². The molecule has 2 aliphatic heterocycles. The highest BCUT2D eigenvalue weighted by Crippen LogP contribution is 2.33. The number of ether oxygens (including phenoxy) is 1. The molecule has 2 fully saturated rings. The molecule has 168 valence electrons. The highest BCUT2D eigenvalue weighted by atomic mass is 35.5. The van der Waals surface area contributed by atoms with E-state index in [4.69, 9.17) is 16.3 Å². The van der Waals surface area contributed by atoms with Gasteiger partial charge in [0.15, 0.2) is 0 Å². The molecule has 1 aromatic carbocycles. The molecule has 0 N–H and O–H groups in total. The Morgan fingerprint density at radius 3 is 2.53 bits per heavy atom. The molecule has 2 aliphatic rings. The molecule has 0 aliphatic carbocycles. The van der Waals surface area contributed by atoms with Crippen LogP contribution in [0.4, 0.5) is 0 Å². The van der Waals surface area contributed by atoms with Gasteiger partial charge in [0.1, 0.15) is 4.83 Å². The number of hydrogen-bond acceptors (Lipinski definition) is 5. The molecule has 0 saturated carbocycles. The second-order valence-corrected chi connectivity index (χ2v) is 9.72. The summed E-state index contributed by atoms with van der Waals surface area (Å²) < 4.78 is 7.17. The Hall–Kier alpha value is -2.42. The monoisotopic (exact) mass is 472 g/mol. The van der Waals surface area contributed by atoms with Crippen molar-refractivity contribution in [2.75, 3.05) is 39.4 Å². The number of benzene rings is 1. The van der Waals surface area contributed by atoms with Crippen molar-refractivity contribution in [1.29, 1.82) is 0 Å². The second-order valence-electron chi connectivity index (χ2n) is 8.28. The number of carbonyl (C=O) groups excluding carboxylic acids is 2. The van der Waals surface area contributed by atoms with Crippen molar-refractivity contribution in [3.05, 3.63) is 45.9 Å². The molecule has 0 atom stereocenters. The van der Waals surface area contributed by atoms with E-state index in [1.54, 1.807) is 0 Å². The number of aryl methyl sites for hydroxylation is 1. The summed E-state index contributed by atoms with van der Waals surface area (Å²) >= 11 is 7.83. The lowest BCUT2D eigenvalue weighted by Gasteiger charge is -2.35. The van der Waals surface area contributed by atoms with Gasteiger partial charge in [-0.15, -0.1) is 11.3 Å². The van der Waals surface area contributed by atoms with Gasteiger partial charge in [0.25, 0.3) is 5.91 Å². The minimum atomic E-state index is -0.00409. The summed E-state index contributed by atoms with van der Waals surface area (Å²) in [6.45, 7) is 5.70. The molecule has 0 unspecified atom stereocenters. The third kappa shape index (κ3) is 3.91. The van der Waals surface area contributed by atoms with Crippen LogP contribution in [0.15, 0.2) is 30.3 Å². The van der Waals surface area contributed by atoms with E-state index >= 15 is 0 Å². The Balaban J connectivity index is 1.31. The third-order valence-electron chi connectivity index (χ3n) is 6.29. The minimum absolute atomic E-state index is 0.00409. The zero-order valence-corrected chi connectivity index (χ0v) is 19.5. The Kier molecular flexibility index (Phi) is 5.92. The number of hydrogen-bond donors (Lipinski definition) is 0. The van der Waals surface area contributed by atoms with Crippen LogP contribution in [0.25, 0.3) is 15.9 Å². The van der Waals surface area contributed by atoms with Crippen LogP contribution >= 0.6 is 22.9 Å². The number of halogens is 1. The molecule has 9 heteroatoms. The summed E-state index contributed by atoms with van der Waals surface area (Å²) in [7, 11) is 0. The molecule has 32 heavy (non-hydrogen) atoms. The van der Waals surface area contributed by atoms with Crippen molar-refractivity contribution in [3.63, 3.8) is 0 Å². The minimum Gasteiger partial charge on any atom is -0.378 e. The van der Waals surface area contributed by atoms with E-state index in [2.05, 4.69) is 5.10 Å². The summed E-state index contributed by atoms with van der Waals surface area (Å²) in [6, 6.07) is 9.50. The number of aromatic nitrogens is 2. The maximum atomic E-state index is 13.2. The maximum Gasteiger partial charge on any atom is 0.264 e. The van der Waals surface area contributed by atoms with Gasteiger partial charge in [-0.25, -0.2) is 4.68 Å². The first-order valence-corrected chi connectivity index (χ1v) is 12.1. The van der Waals surface area contributed by atoms with Crippen molar-refractivity contribution < 1.29 is 14.3 Å². The van der Waals surface area contributed by atoms with E-state index in [0.717, 1.165) is 21.6 Å². The summed E-state index contributed by atoms with van der Waals surface area (Å²) in [5.74, 6) is 0.224. The van der Waals surface area contributed by atoms with Gasteiger partial charge in [0.05, 0.1) is 34.5 Å². The first-order valence-electron chi connectivity index (χ1n) is 10.9. The van der Waals surface area contributed by atoms with Gasteiger partial charge in [-0.3, -0.25) is 9.59 Å². The number of nitrogens with zero attached hydrogens (tertiary/aromatic N) is 4. The maximum absolute atomic E-state index is 13.2. The lowest BCUT2D eigenvalue weighted by atomic mass is 9.95. The molecular formula is C23H25ClN4O3S. The SMILES string of the molecule is Cc1nn(-c2ccccc2Cl)c2sc(C(=O)N3CCC(C(=O)N4CCOCC4)CC3)cc12. The molecular weight excluding hydrogens is 448 g/mol. The Labute approximate surface area is 195 Å². The van der Waals surface area contributed by atoms with E-state index in [1.807, 2.05) is 51.7 Å². The summed E-state index contributed by atoms with van der Waals surface area (Å²) in [5.41, 5.74) is 1.67. The quantitative estimate of drug-likeness (QED) is 0.582. The zero-order chi connectivity index (χ0) is 22.2. The van der Waals surface area contributed by atoms with E-state index in [1.165, 1.54) is 11.3 Å². The van der Waals surface area contributed by atoms with Gasteiger partial charge in [0.2, 0.25) is 5.91 Å². The average Bonchev–Trinajstić information content (AvgIpc) is 3.40. The predicted octanol–water partition coefficient (Wildman–Crippen LogP) is 3.76. The summed E-state index contributed by atoms with van der Waals surface area (Å²) in [6.07, 6.45) is 1.42. The van der Waals surface area contributed by atoms with Crippen molar-refractivity contribution >= 4 is 45.0 Å². The average molecular weight is 473 g/mol. The molecule has 2 saturated heterocycles. The molecule has 2 amide bonds. The van der Waals surface area contributed by atoms with Crippen LogP contribution in [0.5, 0.6) is 0 Å².